The maximum Gasteiger partial charge on any atom is 0.385 e. The third-order valence-corrected chi connectivity index (χ3v) is 4.02. The summed E-state index contributed by atoms with van der Waals surface area (Å²) in [5.41, 5.74) is 0.104. The highest BCUT2D eigenvalue weighted by Gasteiger charge is 2.28. The lowest BCUT2D eigenvalue weighted by atomic mass is 10.3. The van der Waals surface area contributed by atoms with Crippen molar-refractivity contribution in [1.82, 2.24) is 4.31 Å². The van der Waals surface area contributed by atoms with Gasteiger partial charge in [0.15, 0.2) is 4.98 Å². The molecule has 0 amide bonds. The van der Waals surface area contributed by atoms with Gasteiger partial charge in [-0.15, -0.1) is 0 Å². The highest BCUT2D eigenvalue weighted by Crippen LogP contribution is 2.19. The molecule has 20 heavy (non-hydrogen) atoms. The van der Waals surface area contributed by atoms with E-state index in [1.807, 2.05) is 0 Å². The summed E-state index contributed by atoms with van der Waals surface area (Å²) in [5, 5.41) is 25.8. The molecule has 0 aliphatic carbocycles. The molecular formula is C10H10N3O6S+. The Kier molecular flexibility index (Phi) is 4.73. The van der Waals surface area contributed by atoms with E-state index in [1.54, 1.807) is 0 Å². The summed E-state index contributed by atoms with van der Waals surface area (Å²) in [6.45, 7) is -1.94. The number of hydrogen-bond donors (Lipinski definition) is 2. The molecule has 0 radical (unpaired) electrons. The largest absolute Gasteiger partial charge is 0.480 e. The minimum Gasteiger partial charge on any atom is -0.480 e. The number of rotatable bonds is 6. The van der Waals surface area contributed by atoms with Crippen LogP contribution in [0.2, 0.25) is 0 Å². The Hall–Kier alpha value is -2.51. The highest BCUT2D eigenvalue weighted by molar-refractivity contribution is 7.89. The molecule has 1 aromatic carbocycles. The lowest BCUT2D eigenvalue weighted by molar-refractivity contribution is -0.139. The molecule has 106 valence electrons. The molecule has 0 aliphatic rings. The fraction of sp³-hybridized carbons (Fsp3) is 0.200. The lowest BCUT2D eigenvalue weighted by Gasteiger charge is -2.17. The van der Waals surface area contributed by atoms with Crippen LogP contribution in [-0.4, -0.2) is 48.0 Å². The van der Waals surface area contributed by atoms with Gasteiger partial charge in [-0.3, -0.25) is 9.59 Å². The van der Waals surface area contributed by atoms with E-state index in [9.17, 15) is 18.0 Å². The number of sulfonamides is 1. The molecule has 9 nitrogen and oxygen atoms in total. The zero-order valence-electron chi connectivity index (χ0n) is 10.0. The first-order valence-electron chi connectivity index (χ1n) is 5.16. The van der Waals surface area contributed by atoms with Gasteiger partial charge in [-0.25, -0.2) is 8.42 Å². The number of carboxylic acid groups (broad SMARTS) is 2. The number of carboxylic acids is 2. The summed E-state index contributed by atoms with van der Waals surface area (Å²) < 4.78 is 24.5. The molecule has 0 saturated carbocycles. The minimum absolute atomic E-state index is 0.104. The first-order valence-corrected chi connectivity index (χ1v) is 6.60. The quantitative estimate of drug-likeness (QED) is 0.721. The second-order valence-corrected chi connectivity index (χ2v) is 5.59. The molecule has 0 fully saturated rings. The van der Waals surface area contributed by atoms with Gasteiger partial charge in [0, 0.05) is 12.1 Å². The predicted molar refractivity (Wildman–Crippen MR) is 65.2 cm³/mol. The van der Waals surface area contributed by atoms with Crippen LogP contribution in [0.1, 0.15) is 0 Å². The van der Waals surface area contributed by atoms with Crippen molar-refractivity contribution in [3.8, 4) is 0 Å². The van der Waals surface area contributed by atoms with Gasteiger partial charge in [-0.1, -0.05) is 0 Å². The average molecular weight is 300 g/mol. The molecule has 1 aromatic rings. The molecule has 0 saturated heterocycles. The number of aliphatic carboxylic acids is 2. The van der Waals surface area contributed by atoms with Gasteiger partial charge >= 0.3 is 17.6 Å². The summed E-state index contributed by atoms with van der Waals surface area (Å²) in [7, 11) is -4.27. The average Bonchev–Trinajstić information content (AvgIpc) is 2.37. The van der Waals surface area contributed by atoms with Crippen LogP contribution in [0.25, 0.3) is 4.98 Å². The van der Waals surface area contributed by atoms with Gasteiger partial charge in [0.1, 0.15) is 13.1 Å². The first-order chi connectivity index (χ1) is 9.27. The van der Waals surface area contributed by atoms with Crippen LogP contribution in [-0.2, 0) is 19.6 Å². The second kappa shape index (κ2) is 6.09. The molecule has 0 heterocycles. The Morgan fingerprint density at radius 3 is 1.90 bits per heavy atom. The number of carbonyl (C=O) groups is 2. The summed E-state index contributed by atoms with van der Waals surface area (Å²) >= 11 is 0. The van der Waals surface area contributed by atoms with Gasteiger partial charge < -0.3 is 10.2 Å². The number of benzene rings is 1. The van der Waals surface area contributed by atoms with Gasteiger partial charge in [0.2, 0.25) is 15.4 Å². The summed E-state index contributed by atoms with van der Waals surface area (Å²) in [6, 6.07) is 4.54. The van der Waals surface area contributed by atoms with E-state index in [1.165, 1.54) is 12.1 Å². The van der Waals surface area contributed by atoms with Crippen LogP contribution < -0.4 is 0 Å². The van der Waals surface area contributed by atoms with Crippen molar-refractivity contribution in [1.29, 1.82) is 5.39 Å². The summed E-state index contributed by atoms with van der Waals surface area (Å²) in [6.07, 6.45) is 0. The molecule has 0 aromatic heterocycles. The third-order valence-electron chi connectivity index (χ3n) is 2.21. The highest BCUT2D eigenvalue weighted by atomic mass is 32.2. The zero-order chi connectivity index (χ0) is 15.3. The normalized spacial score (nSPS) is 11.0. The molecular weight excluding hydrogens is 290 g/mol. The van der Waals surface area contributed by atoms with Crippen molar-refractivity contribution in [2.24, 2.45) is 0 Å². The summed E-state index contributed by atoms with van der Waals surface area (Å²) in [5.74, 6) is -2.95. The molecule has 0 aliphatic heterocycles. The zero-order valence-corrected chi connectivity index (χ0v) is 10.8. The van der Waals surface area contributed by atoms with Gasteiger partial charge in [0.05, 0.1) is 4.90 Å². The van der Waals surface area contributed by atoms with Crippen LogP contribution in [0.4, 0.5) is 5.69 Å². The van der Waals surface area contributed by atoms with Gasteiger partial charge in [0.25, 0.3) is 0 Å². The number of nitrogens with zero attached hydrogens (tertiary/aromatic N) is 3. The molecule has 10 heteroatoms. The fourth-order valence-electron chi connectivity index (χ4n) is 1.36. The van der Waals surface area contributed by atoms with Crippen molar-refractivity contribution in [3.63, 3.8) is 0 Å². The van der Waals surface area contributed by atoms with E-state index in [0.717, 1.165) is 12.1 Å². The molecule has 1 rings (SSSR count). The first kappa shape index (κ1) is 15.5. The molecule has 0 atom stereocenters. The molecule has 0 unspecified atom stereocenters. The van der Waals surface area contributed by atoms with E-state index in [4.69, 9.17) is 15.6 Å². The Morgan fingerprint density at radius 1 is 1.10 bits per heavy atom. The number of hydrogen-bond acceptors (Lipinski definition) is 5. The van der Waals surface area contributed by atoms with Gasteiger partial charge in [-0.05, 0) is 12.1 Å². The third kappa shape index (κ3) is 3.74. The van der Waals surface area contributed by atoms with Crippen LogP contribution in [0.5, 0.6) is 0 Å². The molecule has 0 spiro atoms. The number of diazo groups is 1. The molecule has 2 N–H and O–H groups in total. The Labute approximate surface area is 113 Å². The van der Waals surface area contributed by atoms with Crippen molar-refractivity contribution in [2.75, 3.05) is 13.1 Å². The Morgan fingerprint density at radius 2 is 1.55 bits per heavy atom. The smallest absolute Gasteiger partial charge is 0.385 e. The van der Waals surface area contributed by atoms with Crippen LogP contribution in [0, 0.1) is 5.39 Å². The van der Waals surface area contributed by atoms with E-state index < -0.39 is 35.1 Å². The van der Waals surface area contributed by atoms with E-state index in [-0.39, 0.29) is 10.6 Å². The summed E-state index contributed by atoms with van der Waals surface area (Å²) in [4.78, 5) is 23.8. The van der Waals surface area contributed by atoms with Crippen molar-refractivity contribution >= 4 is 27.6 Å². The Balaban J connectivity index is 3.17. The van der Waals surface area contributed by atoms with Crippen LogP contribution >= 0.6 is 0 Å². The lowest BCUT2D eigenvalue weighted by Crippen LogP contribution is -2.39. The van der Waals surface area contributed by atoms with Crippen molar-refractivity contribution in [3.05, 3.63) is 29.2 Å². The topological polar surface area (TPSA) is 140 Å². The van der Waals surface area contributed by atoms with Crippen LogP contribution in [0.3, 0.4) is 0 Å². The Bertz CT molecular complexity index is 645. The maximum absolute atomic E-state index is 12.1. The fourth-order valence-corrected chi connectivity index (χ4v) is 2.70. The van der Waals surface area contributed by atoms with E-state index in [0.29, 0.717) is 4.31 Å². The van der Waals surface area contributed by atoms with Gasteiger partial charge in [-0.2, -0.15) is 4.31 Å². The molecule has 0 bridgehead atoms. The van der Waals surface area contributed by atoms with Crippen molar-refractivity contribution < 1.29 is 28.2 Å². The predicted octanol–water partition coefficient (Wildman–Crippen LogP) is 0.331. The maximum atomic E-state index is 12.1. The minimum atomic E-state index is -4.27. The monoisotopic (exact) mass is 300 g/mol. The van der Waals surface area contributed by atoms with E-state index >= 15 is 0 Å². The van der Waals surface area contributed by atoms with Crippen LogP contribution in [0.15, 0.2) is 29.2 Å². The van der Waals surface area contributed by atoms with E-state index in [2.05, 4.69) is 4.98 Å². The standard InChI is InChI=1S/C10H9N3O6S/c11-12-7-1-3-8(4-2-7)20(18,19)13(5-9(14)15)6-10(16)17/h1-4H,5-6H2,(H-,14,15,16,17)/p+1. The second-order valence-electron chi connectivity index (χ2n) is 3.65. The van der Waals surface area contributed by atoms with Crippen molar-refractivity contribution in [2.45, 2.75) is 4.90 Å². The SMILES string of the molecule is N#[N+]c1ccc(S(=O)(=O)N(CC(=O)O)CC(=O)O)cc1.